The Bertz CT molecular complexity index is 273. The third-order valence-corrected chi connectivity index (χ3v) is 5.19. The second kappa shape index (κ2) is 6.78. The van der Waals surface area contributed by atoms with E-state index in [1.54, 1.807) is 0 Å². The lowest BCUT2D eigenvalue weighted by atomic mass is 9.85. The van der Waals surface area contributed by atoms with Crippen LogP contribution in [0.15, 0.2) is 0 Å². The summed E-state index contributed by atoms with van der Waals surface area (Å²) in [6.07, 6.45) is 4.23. The summed E-state index contributed by atoms with van der Waals surface area (Å²) < 4.78 is 0. The molecular weight excluding hydrogens is 246 g/mol. The molecule has 18 heavy (non-hydrogen) atoms. The maximum Gasteiger partial charge on any atom is 0.227 e. The van der Waals surface area contributed by atoms with E-state index in [1.807, 2.05) is 11.8 Å². The Morgan fingerprint density at radius 1 is 1.28 bits per heavy atom. The number of thioether (sulfide) groups is 1. The van der Waals surface area contributed by atoms with E-state index in [4.69, 9.17) is 5.73 Å². The highest BCUT2D eigenvalue weighted by atomic mass is 32.2. The fourth-order valence-corrected chi connectivity index (χ4v) is 3.89. The molecule has 1 heterocycles. The predicted molar refractivity (Wildman–Crippen MR) is 76.7 cm³/mol. The van der Waals surface area contributed by atoms with Crippen LogP contribution >= 0.6 is 11.8 Å². The number of hydrogen-bond donors (Lipinski definition) is 2. The van der Waals surface area contributed by atoms with Gasteiger partial charge in [-0.25, -0.2) is 0 Å². The summed E-state index contributed by atoms with van der Waals surface area (Å²) in [5.41, 5.74) is 5.56. The van der Waals surface area contributed by atoms with Gasteiger partial charge in [0, 0.05) is 44.2 Å². The minimum Gasteiger partial charge on any atom is -0.354 e. The molecule has 0 aromatic carbocycles. The molecule has 2 fully saturated rings. The van der Waals surface area contributed by atoms with Crippen LogP contribution in [0.3, 0.4) is 0 Å². The first-order valence-electron chi connectivity index (χ1n) is 7.05. The highest BCUT2D eigenvalue weighted by Crippen LogP contribution is 2.37. The number of nitrogens with one attached hydrogen (secondary N) is 1. The van der Waals surface area contributed by atoms with Crippen LogP contribution in [0.2, 0.25) is 0 Å². The van der Waals surface area contributed by atoms with Crippen LogP contribution in [-0.2, 0) is 4.79 Å². The summed E-state index contributed by atoms with van der Waals surface area (Å²) in [4.78, 5) is 14.7. The smallest absolute Gasteiger partial charge is 0.227 e. The quantitative estimate of drug-likeness (QED) is 0.772. The molecule has 2 aliphatic rings. The SMILES string of the molecule is NCC1(C(=O)NCCN2CCSCC2)CCCC1. The minimum atomic E-state index is -0.252. The van der Waals surface area contributed by atoms with Gasteiger partial charge in [-0.2, -0.15) is 11.8 Å². The van der Waals surface area contributed by atoms with Crippen molar-refractivity contribution in [3.8, 4) is 0 Å². The summed E-state index contributed by atoms with van der Waals surface area (Å²) in [6.45, 7) is 4.56. The Kier molecular flexibility index (Phi) is 5.33. The average Bonchev–Trinajstić information content (AvgIpc) is 2.90. The third-order valence-electron chi connectivity index (χ3n) is 4.25. The van der Waals surface area contributed by atoms with Crippen molar-refractivity contribution in [1.82, 2.24) is 10.2 Å². The molecule has 0 unspecified atom stereocenters. The zero-order valence-electron chi connectivity index (χ0n) is 11.1. The summed E-state index contributed by atoms with van der Waals surface area (Å²) in [6, 6.07) is 0. The highest BCUT2D eigenvalue weighted by Gasteiger charge is 2.39. The molecule has 0 aromatic heterocycles. The average molecular weight is 271 g/mol. The Morgan fingerprint density at radius 2 is 1.94 bits per heavy atom. The van der Waals surface area contributed by atoms with Crippen molar-refractivity contribution in [2.45, 2.75) is 25.7 Å². The van der Waals surface area contributed by atoms with Gasteiger partial charge in [-0.1, -0.05) is 12.8 Å². The molecule has 4 nitrogen and oxygen atoms in total. The second-order valence-electron chi connectivity index (χ2n) is 5.40. The maximum atomic E-state index is 12.2. The molecule has 1 aliphatic heterocycles. The van der Waals surface area contributed by atoms with E-state index >= 15 is 0 Å². The predicted octanol–water partition coefficient (Wildman–Crippen LogP) is 0.670. The lowest BCUT2D eigenvalue weighted by molar-refractivity contribution is -0.130. The Hall–Kier alpha value is -0.260. The molecule has 1 saturated heterocycles. The van der Waals surface area contributed by atoms with Crippen LogP contribution in [0.1, 0.15) is 25.7 Å². The topological polar surface area (TPSA) is 58.4 Å². The van der Waals surface area contributed by atoms with Crippen LogP contribution in [0.4, 0.5) is 0 Å². The fraction of sp³-hybridized carbons (Fsp3) is 0.923. The molecule has 1 aliphatic carbocycles. The van der Waals surface area contributed by atoms with Gasteiger partial charge in [-0.15, -0.1) is 0 Å². The van der Waals surface area contributed by atoms with Gasteiger partial charge in [0.1, 0.15) is 0 Å². The van der Waals surface area contributed by atoms with E-state index in [2.05, 4.69) is 10.2 Å². The van der Waals surface area contributed by atoms with Gasteiger partial charge in [0.15, 0.2) is 0 Å². The van der Waals surface area contributed by atoms with Gasteiger partial charge < -0.3 is 11.1 Å². The summed E-state index contributed by atoms with van der Waals surface area (Å²) in [5, 5.41) is 3.10. The molecule has 3 N–H and O–H groups in total. The fourth-order valence-electron chi connectivity index (χ4n) is 2.92. The van der Waals surface area contributed by atoms with E-state index in [9.17, 15) is 4.79 Å². The Balaban J connectivity index is 1.70. The van der Waals surface area contributed by atoms with Crippen molar-refractivity contribution in [3.63, 3.8) is 0 Å². The van der Waals surface area contributed by atoms with Crippen LogP contribution in [0.5, 0.6) is 0 Å². The van der Waals surface area contributed by atoms with Gasteiger partial charge in [0.05, 0.1) is 5.41 Å². The van der Waals surface area contributed by atoms with Crippen molar-refractivity contribution < 1.29 is 4.79 Å². The molecule has 0 bridgehead atoms. The molecule has 0 atom stereocenters. The first kappa shape index (κ1) is 14.2. The Labute approximate surface area is 114 Å². The number of carbonyl (C=O) groups excluding carboxylic acids is 1. The number of amides is 1. The van der Waals surface area contributed by atoms with Crippen molar-refractivity contribution in [1.29, 1.82) is 0 Å². The lowest BCUT2D eigenvalue weighted by Crippen LogP contribution is -2.47. The van der Waals surface area contributed by atoms with E-state index in [-0.39, 0.29) is 11.3 Å². The number of rotatable bonds is 5. The van der Waals surface area contributed by atoms with Crippen LogP contribution < -0.4 is 11.1 Å². The number of nitrogens with two attached hydrogens (primary N) is 1. The second-order valence-corrected chi connectivity index (χ2v) is 6.63. The standard InChI is InChI=1S/C13H25N3OS/c14-11-13(3-1-2-4-13)12(17)15-5-6-16-7-9-18-10-8-16/h1-11,14H2,(H,15,17). The molecule has 0 spiro atoms. The molecule has 0 aromatic rings. The van der Waals surface area contributed by atoms with Gasteiger partial charge >= 0.3 is 0 Å². The molecular formula is C13H25N3OS. The van der Waals surface area contributed by atoms with Crippen LogP contribution in [0.25, 0.3) is 0 Å². The first-order chi connectivity index (χ1) is 8.77. The normalized spacial score (nSPS) is 24.1. The largest absolute Gasteiger partial charge is 0.354 e. The highest BCUT2D eigenvalue weighted by molar-refractivity contribution is 7.99. The molecule has 1 saturated carbocycles. The molecule has 1 amide bonds. The zero-order valence-corrected chi connectivity index (χ0v) is 11.9. The number of carbonyl (C=O) groups is 1. The summed E-state index contributed by atoms with van der Waals surface area (Å²) in [5.74, 6) is 2.63. The van der Waals surface area contributed by atoms with Crippen LogP contribution in [0, 0.1) is 5.41 Å². The number of hydrogen-bond acceptors (Lipinski definition) is 4. The minimum absolute atomic E-state index is 0.189. The van der Waals surface area contributed by atoms with Crippen molar-refractivity contribution in [3.05, 3.63) is 0 Å². The number of nitrogens with zero attached hydrogens (tertiary/aromatic N) is 1. The van der Waals surface area contributed by atoms with Crippen molar-refractivity contribution in [2.75, 3.05) is 44.2 Å². The first-order valence-corrected chi connectivity index (χ1v) is 8.21. The zero-order chi connectivity index (χ0) is 12.8. The maximum absolute atomic E-state index is 12.2. The Morgan fingerprint density at radius 3 is 2.56 bits per heavy atom. The summed E-state index contributed by atoms with van der Waals surface area (Å²) in [7, 11) is 0. The molecule has 104 valence electrons. The van der Waals surface area contributed by atoms with E-state index in [1.165, 1.54) is 11.5 Å². The van der Waals surface area contributed by atoms with Crippen molar-refractivity contribution >= 4 is 17.7 Å². The van der Waals surface area contributed by atoms with Crippen LogP contribution in [-0.4, -0.2) is 55.0 Å². The van der Waals surface area contributed by atoms with E-state index in [0.717, 1.165) is 51.9 Å². The van der Waals surface area contributed by atoms with E-state index < -0.39 is 0 Å². The summed E-state index contributed by atoms with van der Waals surface area (Å²) >= 11 is 2.02. The van der Waals surface area contributed by atoms with Gasteiger partial charge in [0.25, 0.3) is 0 Å². The molecule has 2 rings (SSSR count). The third kappa shape index (κ3) is 3.39. The van der Waals surface area contributed by atoms with Gasteiger partial charge in [-0.05, 0) is 12.8 Å². The molecule has 5 heteroatoms. The van der Waals surface area contributed by atoms with Gasteiger partial charge in [0.2, 0.25) is 5.91 Å². The van der Waals surface area contributed by atoms with Gasteiger partial charge in [-0.3, -0.25) is 9.69 Å². The van der Waals surface area contributed by atoms with E-state index in [0.29, 0.717) is 6.54 Å². The molecule has 0 radical (unpaired) electrons. The van der Waals surface area contributed by atoms with Crippen molar-refractivity contribution in [2.24, 2.45) is 11.1 Å². The monoisotopic (exact) mass is 271 g/mol. The lowest BCUT2D eigenvalue weighted by Gasteiger charge is -2.28.